The first-order valence-corrected chi connectivity index (χ1v) is 6.19. The van der Waals surface area contributed by atoms with Crippen LogP contribution in [-0.2, 0) is 6.42 Å². The summed E-state index contributed by atoms with van der Waals surface area (Å²) >= 11 is 5.67. The van der Waals surface area contributed by atoms with Crippen LogP contribution in [0.15, 0.2) is 24.3 Å². The van der Waals surface area contributed by atoms with E-state index in [-0.39, 0.29) is 0 Å². The molecule has 0 aromatic heterocycles. The first-order chi connectivity index (χ1) is 7.42. The SMILES string of the molecule is ClCCCN[C]1CCCc2ccccc21. The molecule has 0 saturated carbocycles. The Morgan fingerprint density at radius 3 is 2.93 bits per heavy atom. The molecule has 1 aliphatic carbocycles. The molecule has 15 heavy (non-hydrogen) atoms. The van der Waals surface area contributed by atoms with Crippen LogP contribution < -0.4 is 5.32 Å². The van der Waals surface area contributed by atoms with E-state index in [4.69, 9.17) is 11.6 Å². The van der Waals surface area contributed by atoms with Crippen LogP contribution in [0.3, 0.4) is 0 Å². The summed E-state index contributed by atoms with van der Waals surface area (Å²) in [6, 6.07) is 10.1. The Morgan fingerprint density at radius 2 is 2.07 bits per heavy atom. The lowest BCUT2D eigenvalue weighted by Gasteiger charge is -2.25. The molecule has 1 aromatic rings. The van der Waals surface area contributed by atoms with Gasteiger partial charge in [0, 0.05) is 5.88 Å². The van der Waals surface area contributed by atoms with Gasteiger partial charge in [-0.3, -0.25) is 0 Å². The summed E-state index contributed by atoms with van der Waals surface area (Å²) in [6.45, 7) is 0.993. The molecule has 0 amide bonds. The standard InChI is InChI=1S/C13H17ClN/c14-9-4-10-15-13-8-3-6-11-5-1-2-7-12(11)13/h1-2,5,7,15H,3-4,6,8-10H2. The van der Waals surface area contributed by atoms with Crippen molar-refractivity contribution in [1.29, 1.82) is 0 Å². The maximum atomic E-state index is 5.67. The van der Waals surface area contributed by atoms with E-state index in [2.05, 4.69) is 29.6 Å². The highest BCUT2D eigenvalue weighted by atomic mass is 35.5. The predicted octanol–water partition coefficient (Wildman–Crippen LogP) is 3.12. The van der Waals surface area contributed by atoms with Crippen molar-refractivity contribution in [2.45, 2.75) is 25.7 Å². The summed E-state index contributed by atoms with van der Waals surface area (Å²) in [5.41, 5.74) is 2.90. The van der Waals surface area contributed by atoms with E-state index >= 15 is 0 Å². The van der Waals surface area contributed by atoms with Crippen molar-refractivity contribution in [1.82, 2.24) is 5.32 Å². The van der Waals surface area contributed by atoms with Crippen LogP contribution in [-0.4, -0.2) is 12.4 Å². The van der Waals surface area contributed by atoms with Gasteiger partial charge in [-0.1, -0.05) is 24.3 Å². The highest BCUT2D eigenvalue weighted by Gasteiger charge is 2.19. The molecular weight excluding hydrogens is 206 g/mol. The summed E-state index contributed by atoms with van der Waals surface area (Å²) in [7, 11) is 0. The van der Waals surface area contributed by atoms with Gasteiger partial charge in [-0.15, -0.1) is 11.6 Å². The van der Waals surface area contributed by atoms with E-state index < -0.39 is 0 Å². The number of hydrogen-bond acceptors (Lipinski definition) is 1. The second-order valence-corrected chi connectivity index (χ2v) is 4.34. The lowest BCUT2D eigenvalue weighted by molar-refractivity contribution is 0.601. The highest BCUT2D eigenvalue weighted by Crippen LogP contribution is 2.28. The molecule has 0 saturated heterocycles. The van der Waals surface area contributed by atoms with E-state index in [9.17, 15) is 0 Å². The van der Waals surface area contributed by atoms with Crippen LogP contribution in [0.25, 0.3) is 0 Å². The van der Waals surface area contributed by atoms with Gasteiger partial charge >= 0.3 is 0 Å². The minimum Gasteiger partial charge on any atom is -0.306 e. The molecular formula is C13H17ClN. The second-order valence-electron chi connectivity index (χ2n) is 3.96. The Hall–Kier alpha value is -0.530. The minimum atomic E-state index is 0.738. The van der Waals surface area contributed by atoms with Crippen LogP contribution in [0.5, 0.6) is 0 Å². The third kappa shape index (κ3) is 2.73. The fraction of sp³-hybridized carbons (Fsp3) is 0.462. The van der Waals surface area contributed by atoms with Gasteiger partial charge in [-0.25, -0.2) is 0 Å². The lowest BCUT2D eigenvalue weighted by atomic mass is 9.88. The lowest BCUT2D eigenvalue weighted by Crippen LogP contribution is -2.27. The van der Waals surface area contributed by atoms with Crippen molar-refractivity contribution in [3.63, 3.8) is 0 Å². The summed E-state index contributed by atoms with van der Waals surface area (Å²) in [4.78, 5) is 0. The van der Waals surface area contributed by atoms with Gasteiger partial charge in [-0.05, 0) is 43.4 Å². The van der Waals surface area contributed by atoms with Crippen molar-refractivity contribution >= 4 is 11.6 Å². The van der Waals surface area contributed by atoms with Gasteiger partial charge in [0.1, 0.15) is 0 Å². The van der Waals surface area contributed by atoms with Crippen molar-refractivity contribution in [2.24, 2.45) is 0 Å². The molecule has 0 fully saturated rings. The molecule has 81 valence electrons. The number of halogens is 1. The summed E-state index contributed by atoms with van der Waals surface area (Å²) in [6.07, 6.45) is 4.70. The molecule has 0 atom stereocenters. The Balaban J connectivity index is 2.02. The molecule has 0 heterocycles. The molecule has 1 radical (unpaired) electrons. The van der Waals surface area contributed by atoms with Crippen LogP contribution in [0, 0.1) is 6.04 Å². The molecule has 1 nitrogen and oxygen atoms in total. The van der Waals surface area contributed by atoms with Gasteiger partial charge in [0.25, 0.3) is 0 Å². The molecule has 1 N–H and O–H groups in total. The Bertz CT molecular complexity index is 311. The zero-order valence-corrected chi connectivity index (χ0v) is 9.69. The number of aryl methyl sites for hydroxylation is 1. The maximum Gasteiger partial charge on any atom is 0.0664 e. The van der Waals surface area contributed by atoms with Gasteiger partial charge in [-0.2, -0.15) is 0 Å². The van der Waals surface area contributed by atoms with Gasteiger partial charge < -0.3 is 5.32 Å². The predicted molar refractivity (Wildman–Crippen MR) is 65.1 cm³/mol. The minimum absolute atomic E-state index is 0.738. The third-order valence-electron chi connectivity index (χ3n) is 2.86. The summed E-state index contributed by atoms with van der Waals surface area (Å²) in [5, 5.41) is 3.51. The third-order valence-corrected chi connectivity index (χ3v) is 3.13. The van der Waals surface area contributed by atoms with Crippen LogP contribution in [0.1, 0.15) is 30.4 Å². The molecule has 0 spiro atoms. The van der Waals surface area contributed by atoms with E-state index in [1.807, 2.05) is 0 Å². The first-order valence-electron chi connectivity index (χ1n) is 5.66. The second kappa shape index (κ2) is 5.53. The number of hydrogen-bond donors (Lipinski definition) is 1. The quantitative estimate of drug-likeness (QED) is 0.610. The zero-order chi connectivity index (χ0) is 10.5. The van der Waals surface area contributed by atoms with Crippen LogP contribution in [0.4, 0.5) is 0 Å². The average molecular weight is 223 g/mol. The van der Waals surface area contributed by atoms with E-state index in [0.29, 0.717) is 0 Å². The van der Waals surface area contributed by atoms with Crippen molar-refractivity contribution < 1.29 is 0 Å². The number of alkyl halides is 1. The zero-order valence-electron chi connectivity index (χ0n) is 8.93. The largest absolute Gasteiger partial charge is 0.306 e. The number of benzene rings is 1. The van der Waals surface area contributed by atoms with Crippen LogP contribution in [0.2, 0.25) is 0 Å². The fourth-order valence-corrected chi connectivity index (χ4v) is 2.25. The van der Waals surface area contributed by atoms with Crippen LogP contribution >= 0.6 is 11.6 Å². The monoisotopic (exact) mass is 222 g/mol. The topological polar surface area (TPSA) is 12.0 Å². The molecule has 0 aliphatic heterocycles. The number of fused-ring (bicyclic) bond motifs is 1. The Labute approximate surface area is 96.8 Å². The number of rotatable bonds is 4. The van der Waals surface area contributed by atoms with Crippen molar-refractivity contribution in [3.8, 4) is 0 Å². The molecule has 0 bridgehead atoms. The van der Waals surface area contributed by atoms with Crippen molar-refractivity contribution in [3.05, 3.63) is 41.4 Å². The fourth-order valence-electron chi connectivity index (χ4n) is 2.11. The average Bonchev–Trinajstić information content (AvgIpc) is 2.30. The Kier molecular flexibility index (Phi) is 4.04. The van der Waals surface area contributed by atoms with E-state index in [0.717, 1.165) is 18.8 Å². The first kappa shape index (κ1) is 11.0. The van der Waals surface area contributed by atoms with Gasteiger partial charge in [0.15, 0.2) is 0 Å². The highest BCUT2D eigenvalue weighted by molar-refractivity contribution is 6.17. The van der Waals surface area contributed by atoms with Crippen molar-refractivity contribution in [2.75, 3.05) is 12.4 Å². The van der Waals surface area contributed by atoms with E-state index in [1.165, 1.54) is 36.4 Å². The summed E-state index contributed by atoms with van der Waals surface area (Å²) < 4.78 is 0. The maximum absolute atomic E-state index is 5.67. The van der Waals surface area contributed by atoms with Gasteiger partial charge in [0.05, 0.1) is 6.04 Å². The molecule has 1 aromatic carbocycles. The smallest absolute Gasteiger partial charge is 0.0664 e. The molecule has 1 aliphatic rings. The molecule has 2 rings (SSSR count). The number of nitrogens with one attached hydrogen (secondary N) is 1. The van der Waals surface area contributed by atoms with E-state index in [1.54, 1.807) is 0 Å². The molecule has 2 heteroatoms. The molecule has 0 unspecified atom stereocenters. The van der Waals surface area contributed by atoms with Gasteiger partial charge in [0.2, 0.25) is 0 Å². The normalized spacial score (nSPS) is 16.3. The Morgan fingerprint density at radius 1 is 1.20 bits per heavy atom. The summed E-state index contributed by atoms with van der Waals surface area (Å²) in [5.74, 6) is 0.738.